The summed E-state index contributed by atoms with van der Waals surface area (Å²) in [5, 5.41) is 5.70. The first-order valence-electron chi connectivity index (χ1n) is 6.93. The summed E-state index contributed by atoms with van der Waals surface area (Å²) in [6.45, 7) is 1.27. The molecule has 1 heterocycles. The summed E-state index contributed by atoms with van der Waals surface area (Å²) in [5.74, 6) is 0.861. The predicted molar refractivity (Wildman–Crippen MR) is 86.5 cm³/mol. The first-order valence-corrected chi connectivity index (χ1v) is 7.91. The fourth-order valence-corrected chi connectivity index (χ4v) is 2.57. The lowest BCUT2D eigenvalue weighted by Crippen LogP contribution is -2.37. The molecule has 0 radical (unpaired) electrons. The third-order valence-corrected chi connectivity index (χ3v) is 3.84. The SMILES string of the molecule is O=C(NCCSc1ccccc1)NCCc1cccnc1. The van der Waals surface area contributed by atoms with E-state index in [1.165, 1.54) is 4.90 Å². The van der Waals surface area contributed by atoms with Crippen LogP contribution >= 0.6 is 11.8 Å². The van der Waals surface area contributed by atoms with E-state index in [0.29, 0.717) is 13.1 Å². The van der Waals surface area contributed by atoms with Crippen molar-refractivity contribution in [3.63, 3.8) is 0 Å². The van der Waals surface area contributed by atoms with Crippen LogP contribution in [-0.4, -0.2) is 29.9 Å². The van der Waals surface area contributed by atoms with Gasteiger partial charge in [0.1, 0.15) is 0 Å². The standard InChI is InChI=1S/C16H19N3OS/c20-16(18-10-8-14-5-4-9-17-13-14)19-11-12-21-15-6-2-1-3-7-15/h1-7,9,13H,8,10-12H2,(H2,18,19,20). The molecule has 2 aromatic rings. The number of hydrogen-bond donors (Lipinski definition) is 2. The fraction of sp³-hybridized carbons (Fsp3) is 0.250. The molecule has 0 bridgehead atoms. The Kier molecular flexibility index (Phi) is 6.61. The Labute approximate surface area is 129 Å². The number of hydrogen-bond acceptors (Lipinski definition) is 3. The Hall–Kier alpha value is -2.01. The highest BCUT2D eigenvalue weighted by atomic mass is 32.2. The third-order valence-electron chi connectivity index (χ3n) is 2.82. The van der Waals surface area contributed by atoms with Crippen molar-refractivity contribution in [1.82, 2.24) is 15.6 Å². The number of urea groups is 1. The number of amides is 2. The number of nitrogens with zero attached hydrogens (tertiary/aromatic N) is 1. The van der Waals surface area contributed by atoms with Crippen molar-refractivity contribution < 1.29 is 4.79 Å². The second-order valence-electron chi connectivity index (χ2n) is 4.46. The summed E-state index contributed by atoms with van der Waals surface area (Å²) in [6.07, 6.45) is 4.35. The van der Waals surface area contributed by atoms with E-state index in [1.807, 2.05) is 36.5 Å². The molecule has 0 aliphatic carbocycles. The number of aromatic nitrogens is 1. The average molecular weight is 301 g/mol. The predicted octanol–water partition coefficient (Wildman–Crippen LogP) is 2.72. The number of nitrogens with one attached hydrogen (secondary N) is 2. The zero-order valence-corrected chi connectivity index (χ0v) is 12.6. The van der Waals surface area contributed by atoms with Gasteiger partial charge in [0, 0.05) is 36.1 Å². The summed E-state index contributed by atoms with van der Waals surface area (Å²) in [6, 6.07) is 13.9. The van der Waals surface area contributed by atoms with Crippen molar-refractivity contribution >= 4 is 17.8 Å². The molecular formula is C16H19N3OS. The van der Waals surface area contributed by atoms with Gasteiger partial charge < -0.3 is 10.6 Å². The van der Waals surface area contributed by atoms with Crippen molar-refractivity contribution in [2.24, 2.45) is 0 Å². The first-order chi connectivity index (χ1) is 10.3. The summed E-state index contributed by atoms with van der Waals surface area (Å²) < 4.78 is 0. The van der Waals surface area contributed by atoms with Gasteiger partial charge in [0.05, 0.1) is 0 Å². The topological polar surface area (TPSA) is 54.0 Å². The maximum absolute atomic E-state index is 11.6. The van der Waals surface area contributed by atoms with Crippen LogP contribution in [0.2, 0.25) is 0 Å². The van der Waals surface area contributed by atoms with Crippen LogP contribution in [0.4, 0.5) is 4.79 Å². The number of thioether (sulfide) groups is 1. The highest BCUT2D eigenvalue weighted by molar-refractivity contribution is 7.99. The van der Waals surface area contributed by atoms with Crippen molar-refractivity contribution in [2.75, 3.05) is 18.8 Å². The van der Waals surface area contributed by atoms with Crippen molar-refractivity contribution in [1.29, 1.82) is 0 Å². The van der Waals surface area contributed by atoms with Crippen molar-refractivity contribution in [3.8, 4) is 0 Å². The molecule has 2 N–H and O–H groups in total. The second-order valence-corrected chi connectivity index (χ2v) is 5.62. The van der Waals surface area contributed by atoms with Crippen LogP contribution in [0.15, 0.2) is 59.8 Å². The maximum atomic E-state index is 11.6. The molecule has 0 aliphatic heterocycles. The third kappa shape index (κ3) is 6.31. The monoisotopic (exact) mass is 301 g/mol. The van der Waals surface area contributed by atoms with Crippen molar-refractivity contribution in [2.45, 2.75) is 11.3 Å². The van der Waals surface area contributed by atoms with Crippen LogP contribution < -0.4 is 10.6 Å². The number of benzene rings is 1. The van der Waals surface area contributed by atoms with E-state index in [1.54, 1.807) is 18.0 Å². The molecule has 4 nitrogen and oxygen atoms in total. The fourth-order valence-electron chi connectivity index (χ4n) is 1.78. The van der Waals surface area contributed by atoms with Gasteiger partial charge in [-0.25, -0.2) is 4.79 Å². The number of carbonyl (C=O) groups is 1. The van der Waals surface area contributed by atoms with Crippen LogP contribution in [0, 0.1) is 0 Å². The van der Waals surface area contributed by atoms with Crippen molar-refractivity contribution in [3.05, 3.63) is 60.4 Å². The number of carbonyl (C=O) groups excluding carboxylic acids is 1. The molecule has 1 aromatic carbocycles. The molecule has 21 heavy (non-hydrogen) atoms. The molecule has 0 saturated carbocycles. The van der Waals surface area contributed by atoms with Crippen LogP contribution in [0.25, 0.3) is 0 Å². The van der Waals surface area contributed by atoms with Gasteiger partial charge >= 0.3 is 6.03 Å². The van der Waals surface area contributed by atoms with E-state index in [-0.39, 0.29) is 6.03 Å². The van der Waals surface area contributed by atoms with Crippen LogP contribution in [-0.2, 0) is 6.42 Å². The first kappa shape index (κ1) is 15.4. The minimum Gasteiger partial charge on any atom is -0.338 e. The molecule has 2 rings (SSSR count). The van der Waals surface area contributed by atoms with Gasteiger partial charge in [0.15, 0.2) is 0 Å². The largest absolute Gasteiger partial charge is 0.338 e. The van der Waals surface area contributed by atoms with Gasteiger partial charge in [-0.15, -0.1) is 11.8 Å². The molecule has 1 aromatic heterocycles. The Balaban J connectivity index is 1.54. The normalized spacial score (nSPS) is 10.1. The van der Waals surface area contributed by atoms with E-state index < -0.39 is 0 Å². The number of pyridine rings is 1. The lowest BCUT2D eigenvalue weighted by molar-refractivity contribution is 0.241. The van der Waals surface area contributed by atoms with E-state index >= 15 is 0 Å². The molecule has 0 saturated heterocycles. The minimum atomic E-state index is -0.118. The van der Waals surface area contributed by atoms with Gasteiger partial charge in [-0.05, 0) is 30.2 Å². The summed E-state index contributed by atoms with van der Waals surface area (Å²) in [5.41, 5.74) is 1.12. The van der Waals surface area contributed by atoms with Crippen LogP contribution in [0.3, 0.4) is 0 Å². The Bertz CT molecular complexity index is 534. The van der Waals surface area contributed by atoms with Gasteiger partial charge in [0.2, 0.25) is 0 Å². The highest BCUT2D eigenvalue weighted by Crippen LogP contribution is 2.15. The highest BCUT2D eigenvalue weighted by Gasteiger charge is 1.99. The molecule has 0 unspecified atom stereocenters. The molecule has 0 aliphatic rings. The van der Waals surface area contributed by atoms with Crippen LogP contribution in [0.5, 0.6) is 0 Å². The number of rotatable bonds is 7. The molecule has 2 amide bonds. The molecule has 5 heteroatoms. The van der Waals surface area contributed by atoms with Gasteiger partial charge in [-0.1, -0.05) is 24.3 Å². The van der Waals surface area contributed by atoms with Gasteiger partial charge in [0.25, 0.3) is 0 Å². The zero-order chi connectivity index (χ0) is 14.8. The Morgan fingerprint density at radius 1 is 1.05 bits per heavy atom. The Morgan fingerprint density at radius 3 is 2.62 bits per heavy atom. The summed E-state index contributed by atoms with van der Waals surface area (Å²) in [7, 11) is 0. The van der Waals surface area contributed by atoms with Gasteiger partial charge in [-0.3, -0.25) is 4.98 Å². The average Bonchev–Trinajstić information content (AvgIpc) is 2.54. The van der Waals surface area contributed by atoms with E-state index in [9.17, 15) is 4.79 Å². The van der Waals surface area contributed by atoms with Crippen LogP contribution in [0.1, 0.15) is 5.56 Å². The van der Waals surface area contributed by atoms with E-state index in [4.69, 9.17) is 0 Å². The zero-order valence-electron chi connectivity index (χ0n) is 11.8. The lowest BCUT2D eigenvalue weighted by Gasteiger charge is -2.07. The minimum absolute atomic E-state index is 0.118. The Morgan fingerprint density at radius 2 is 1.86 bits per heavy atom. The van der Waals surface area contributed by atoms with E-state index in [2.05, 4.69) is 27.8 Å². The van der Waals surface area contributed by atoms with Gasteiger partial charge in [-0.2, -0.15) is 0 Å². The lowest BCUT2D eigenvalue weighted by atomic mass is 10.2. The molecule has 110 valence electrons. The maximum Gasteiger partial charge on any atom is 0.314 e. The summed E-state index contributed by atoms with van der Waals surface area (Å²) in [4.78, 5) is 16.9. The smallest absolute Gasteiger partial charge is 0.314 e. The molecule has 0 spiro atoms. The second kappa shape index (κ2) is 9.02. The molecular weight excluding hydrogens is 282 g/mol. The molecule has 0 atom stereocenters. The quantitative estimate of drug-likeness (QED) is 0.611. The summed E-state index contributed by atoms with van der Waals surface area (Å²) >= 11 is 1.73. The molecule has 0 fully saturated rings. The van der Waals surface area contributed by atoms with E-state index in [0.717, 1.165) is 17.7 Å².